The smallest absolute Gasteiger partial charge is 0.255 e. The van der Waals surface area contributed by atoms with Gasteiger partial charge in [-0.25, -0.2) is 4.68 Å². The number of carbonyl (C=O) groups excluding carboxylic acids is 1. The van der Waals surface area contributed by atoms with Crippen molar-refractivity contribution in [3.8, 4) is 5.69 Å². The lowest BCUT2D eigenvalue weighted by Gasteiger charge is -2.28. The van der Waals surface area contributed by atoms with Crippen molar-refractivity contribution in [1.82, 2.24) is 15.1 Å². The quantitative estimate of drug-likeness (QED) is 0.852. The van der Waals surface area contributed by atoms with Crippen LogP contribution in [0.4, 0.5) is 0 Å². The highest BCUT2D eigenvalue weighted by molar-refractivity contribution is 6.30. The Morgan fingerprint density at radius 1 is 1.39 bits per heavy atom. The molecule has 0 aliphatic carbocycles. The maximum absolute atomic E-state index is 12.5. The highest BCUT2D eigenvalue weighted by Crippen LogP contribution is 2.18. The molecule has 0 radical (unpaired) electrons. The fraction of sp³-hybridized carbons (Fsp3) is 0.412. The zero-order valence-electron chi connectivity index (χ0n) is 13.6. The molecule has 0 saturated carbocycles. The summed E-state index contributed by atoms with van der Waals surface area (Å²) in [6.07, 6.45) is 2.96. The molecular formula is C17H22ClN3O2. The summed E-state index contributed by atoms with van der Waals surface area (Å²) in [6, 6.07) is 7.25. The summed E-state index contributed by atoms with van der Waals surface area (Å²) in [7, 11) is 0. The van der Waals surface area contributed by atoms with Gasteiger partial charge < -0.3 is 10.4 Å². The molecule has 2 N–H and O–H groups in total. The van der Waals surface area contributed by atoms with Gasteiger partial charge in [-0.15, -0.1) is 0 Å². The summed E-state index contributed by atoms with van der Waals surface area (Å²) in [5.74, 6) is -0.180. The monoisotopic (exact) mass is 335 g/mol. The van der Waals surface area contributed by atoms with Crippen LogP contribution in [0.2, 0.25) is 5.02 Å². The van der Waals surface area contributed by atoms with E-state index in [1.54, 1.807) is 29.9 Å². The molecule has 23 heavy (non-hydrogen) atoms. The average molecular weight is 336 g/mol. The minimum atomic E-state index is -0.430. The van der Waals surface area contributed by atoms with E-state index in [0.29, 0.717) is 22.7 Å². The van der Waals surface area contributed by atoms with Crippen LogP contribution >= 0.6 is 11.6 Å². The molecule has 5 nitrogen and oxygen atoms in total. The molecule has 1 amide bonds. The summed E-state index contributed by atoms with van der Waals surface area (Å²) in [4.78, 5) is 12.5. The number of hydrogen-bond donors (Lipinski definition) is 2. The number of aliphatic hydroxyl groups excluding tert-OH is 1. The molecule has 0 aliphatic rings. The predicted octanol–water partition coefficient (Wildman–Crippen LogP) is 3.12. The molecule has 1 heterocycles. The lowest BCUT2D eigenvalue weighted by Crippen LogP contribution is -2.46. The van der Waals surface area contributed by atoms with E-state index in [9.17, 15) is 4.79 Å². The second kappa shape index (κ2) is 7.15. The van der Waals surface area contributed by atoms with Crippen molar-refractivity contribution in [3.63, 3.8) is 0 Å². The topological polar surface area (TPSA) is 67.2 Å². The fourth-order valence-corrected chi connectivity index (χ4v) is 2.45. The fourth-order valence-electron chi connectivity index (χ4n) is 2.32. The van der Waals surface area contributed by atoms with Crippen molar-refractivity contribution in [2.45, 2.75) is 39.2 Å². The molecule has 1 aromatic heterocycles. The first-order chi connectivity index (χ1) is 10.9. The SMILES string of the molecule is CCC(C)(CCO)NC(=O)c1cn(-c2ccc(Cl)cc2)nc1C. The van der Waals surface area contributed by atoms with Gasteiger partial charge >= 0.3 is 0 Å². The maximum Gasteiger partial charge on any atom is 0.255 e. The zero-order chi connectivity index (χ0) is 17.0. The standard InChI is InChI=1S/C17H22ClN3O2/c1-4-17(3,9-10-22)19-16(23)15-11-21(20-12(15)2)14-7-5-13(18)6-8-14/h5-8,11,22H,4,9-10H2,1-3H3,(H,19,23). The lowest BCUT2D eigenvalue weighted by atomic mass is 9.94. The highest BCUT2D eigenvalue weighted by Gasteiger charge is 2.26. The Morgan fingerprint density at radius 2 is 2.04 bits per heavy atom. The van der Waals surface area contributed by atoms with Gasteiger partial charge in [0.1, 0.15) is 0 Å². The second-order valence-electron chi connectivity index (χ2n) is 5.89. The number of aryl methyl sites for hydroxylation is 1. The van der Waals surface area contributed by atoms with Crippen LogP contribution in [-0.2, 0) is 0 Å². The van der Waals surface area contributed by atoms with Crippen molar-refractivity contribution >= 4 is 17.5 Å². The molecule has 0 saturated heterocycles. The first-order valence-corrected chi connectivity index (χ1v) is 8.02. The lowest BCUT2D eigenvalue weighted by molar-refractivity contribution is 0.0885. The van der Waals surface area contributed by atoms with Gasteiger partial charge in [-0.2, -0.15) is 5.10 Å². The van der Waals surface area contributed by atoms with Gasteiger partial charge in [0.25, 0.3) is 5.91 Å². The molecule has 1 atom stereocenters. The third-order valence-electron chi connectivity index (χ3n) is 4.09. The second-order valence-corrected chi connectivity index (χ2v) is 6.33. The van der Waals surface area contributed by atoms with Crippen molar-refractivity contribution in [2.24, 2.45) is 0 Å². The Hall–Kier alpha value is -1.85. The van der Waals surface area contributed by atoms with Crippen LogP contribution < -0.4 is 5.32 Å². The number of hydrogen-bond acceptors (Lipinski definition) is 3. The van der Waals surface area contributed by atoms with Crippen LogP contribution in [0.1, 0.15) is 42.7 Å². The third-order valence-corrected chi connectivity index (χ3v) is 4.35. The van der Waals surface area contributed by atoms with Crippen LogP contribution in [-0.4, -0.2) is 32.9 Å². The Labute approximate surface area is 141 Å². The first-order valence-electron chi connectivity index (χ1n) is 7.64. The molecule has 0 spiro atoms. The molecule has 1 unspecified atom stereocenters. The van der Waals surface area contributed by atoms with Gasteiger partial charge in [-0.3, -0.25) is 4.79 Å². The molecule has 2 rings (SSSR count). The van der Waals surface area contributed by atoms with E-state index >= 15 is 0 Å². The molecule has 0 bridgehead atoms. The van der Waals surface area contributed by atoms with Crippen molar-refractivity contribution < 1.29 is 9.90 Å². The normalized spacial score (nSPS) is 13.6. The number of halogens is 1. The minimum Gasteiger partial charge on any atom is -0.396 e. The number of rotatable bonds is 6. The summed E-state index contributed by atoms with van der Waals surface area (Å²) in [6.45, 7) is 5.75. The largest absolute Gasteiger partial charge is 0.396 e. The van der Waals surface area contributed by atoms with Crippen molar-refractivity contribution in [1.29, 1.82) is 0 Å². The molecule has 1 aromatic carbocycles. The Bertz CT molecular complexity index is 682. The van der Waals surface area contributed by atoms with Gasteiger partial charge in [-0.1, -0.05) is 18.5 Å². The zero-order valence-corrected chi connectivity index (χ0v) is 14.4. The van der Waals surface area contributed by atoms with Crippen LogP contribution in [0, 0.1) is 6.92 Å². The summed E-state index contributed by atoms with van der Waals surface area (Å²) >= 11 is 5.89. The van der Waals surface area contributed by atoms with Crippen molar-refractivity contribution in [2.75, 3.05) is 6.61 Å². The number of benzene rings is 1. The van der Waals surface area contributed by atoms with Gasteiger partial charge in [0, 0.05) is 23.4 Å². The Morgan fingerprint density at radius 3 is 2.61 bits per heavy atom. The maximum atomic E-state index is 12.5. The number of aliphatic hydroxyl groups is 1. The van der Waals surface area contributed by atoms with Gasteiger partial charge in [0.15, 0.2) is 0 Å². The molecule has 6 heteroatoms. The Balaban J connectivity index is 2.23. The number of amides is 1. The molecule has 124 valence electrons. The van der Waals surface area contributed by atoms with E-state index in [-0.39, 0.29) is 12.5 Å². The predicted molar refractivity (Wildman–Crippen MR) is 91.2 cm³/mol. The third kappa shape index (κ3) is 4.12. The first kappa shape index (κ1) is 17.5. The molecule has 2 aromatic rings. The Kier molecular flexibility index (Phi) is 5.44. The average Bonchev–Trinajstić information content (AvgIpc) is 2.90. The van der Waals surface area contributed by atoms with Crippen LogP contribution in [0.15, 0.2) is 30.5 Å². The molecular weight excluding hydrogens is 314 g/mol. The van der Waals surface area contributed by atoms with E-state index in [1.807, 2.05) is 26.0 Å². The number of nitrogens with one attached hydrogen (secondary N) is 1. The van der Waals surface area contributed by atoms with Crippen molar-refractivity contribution in [3.05, 3.63) is 46.7 Å². The van der Waals surface area contributed by atoms with E-state index in [2.05, 4.69) is 10.4 Å². The number of aromatic nitrogens is 2. The van der Waals surface area contributed by atoms with E-state index in [4.69, 9.17) is 16.7 Å². The minimum absolute atomic E-state index is 0.0354. The molecule has 0 aliphatic heterocycles. The van der Waals surface area contributed by atoms with Gasteiger partial charge in [-0.05, 0) is 51.0 Å². The van der Waals surface area contributed by atoms with Gasteiger partial charge in [0.05, 0.1) is 16.9 Å². The molecule has 0 fully saturated rings. The van der Waals surface area contributed by atoms with E-state index in [0.717, 1.165) is 12.1 Å². The summed E-state index contributed by atoms with van der Waals surface area (Å²) in [5, 5.41) is 17.2. The highest BCUT2D eigenvalue weighted by atomic mass is 35.5. The van der Waals surface area contributed by atoms with Crippen LogP contribution in [0.3, 0.4) is 0 Å². The van der Waals surface area contributed by atoms with E-state index < -0.39 is 5.54 Å². The summed E-state index contributed by atoms with van der Waals surface area (Å²) < 4.78 is 1.66. The number of nitrogens with zero attached hydrogens (tertiary/aromatic N) is 2. The summed E-state index contributed by atoms with van der Waals surface area (Å²) in [5.41, 5.74) is 1.59. The van der Waals surface area contributed by atoms with Crippen LogP contribution in [0.25, 0.3) is 5.69 Å². The number of carbonyl (C=O) groups is 1. The van der Waals surface area contributed by atoms with Crippen LogP contribution in [0.5, 0.6) is 0 Å². The van der Waals surface area contributed by atoms with E-state index in [1.165, 1.54) is 0 Å². The van der Waals surface area contributed by atoms with Gasteiger partial charge in [0.2, 0.25) is 0 Å².